The lowest BCUT2D eigenvalue weighted by molar-refractivity contribution is -0.136. The van der Waals surface area contributed by atoms with E-state index in [1.165, 1.54) is 0 Å². The van der Waals surface area contributed by atoms with Crippen LogP contribution in [0, 0.1) is 0 Å². The number of piperazine rings is 1. The summed E-state index contributed by atoms with van der Waals surface area (Å²) in [6.07, 6.45) is -0.0855. The van der Waals surface area contributed by atoms with Gasteiger partial charge in [0.15, 0.2) is 0 Å². The van der Waals surface area contributed by atoms with Gasteiger partial charge in [-0.05, 0) is 12.1 Å². The number of rotatable bonds is 7. The van der Waals surface area contributed by atoms with Crippen LogP contribution in [0.2, 0.25) is 0 Å². The van der Waals surface area contributed by atoms with E-state index in [2.05, 4.69) is 15.1 Å². The topological polar surface area (TPSA) is 74.4 Å². The van der Waals surface area contributed by atoms with Gasteiger partial charge in [0.05, 0.1) is 26.0 Å². The minimum absolute atomic E-state index is 0.0855. The maximum Gasteiger partial charge on any atom is 0.232 e. The molecule has 2 aliphatic heterocycles. The van der Waals surface area contributed by atoms with Crippen molar-refractivity contribution in [2.24, 2.45) is 0 Å². The van der Waals surface area contributed by atoms with Crippen molar-refractivity contribution < 1.29 is 19.1 Å². The SMILES string of the molecule is COc1ccccc1N1CCN(C(=O)CC(=O)NCCN2CCOCC2)CC1. The number of carbonyl (C=O) groups is 2. The molecule has 2 saturated heterocycles. The molecule has 0 aliphatic carbocycles. The van der Waals surface area contributed by atoms with Gasteiger partial charge in [-0.15, -0.1) is 0 Å². The summed E-state index contributed by atoms with van der Waals surface area (Å²) in [6.45, 7) is 7.30. The molecule has 0 spiro atoms. The van der Waals surface area contributed by atoms with Crippen LogP contribution in [0.5, 0.6) is 5.75 Å². The molecular formula is C20H30N4O4. The third-order valence-electron chi connectivity index (χ3n) is 5.22. The first kappa shape index (κ1) is 20.4. The fourth-order valence-corrected chi connectivity index (χ4v) is 3.58. The maximum absolute atomic E-state index is 12.4. The summed E-state index contributed by atoms with van der Waals surface area (Å²) in [6, 6.07) is 7.89. The van der Waals surface area contributed by atoms with Crippen LogP contribution in [-0.2, 0) is 14.3 Å². The average molecular weight is 390 g/mol. The highest BCUT2D eigenvalue weighted by Gasteiger charge is 2.24. The van der Waals surface area contributed by atoms with Gasteiger partial charge in [0.2, 0.25) is 11.8 Å². The van der Waals surface area contributed by atoms with E-state index in [-0.39, 0.29) is 18.2 Å². The van der Waals surface area contributed by atoms with Gasteiger partial charge in [0, 0.05) is 52.4 Å². The Hall–Kier alpha value is -2.32. The van der Waals surface area contributed by atoms with Gasteiger partial charge < -0.3 is 24.6 Å². The smallest absolute Gasteiger partial charge is 0.232 e. The molecule has 0 bridgehead atoms. The molecule has 2 fully saturated rings. The monoisotopic (exact) mass is 390 g/mol. The Balaban J connectivity index is 1.38. The molecule has 2 aliphatic rings. The highest BCUT2D eigenvalue weighted by molar-refractivity contribution is 5.97. The second kappa shape index (κ2) is 10.3. The number of nitrogens with one attached hydrogen (secondary N) is 1. The first-order valence-corrected chi connectivity index (χ1v) is 9.90. The second-order valence-corrected chi connectivity index (χ2v) is 7.02. The quantitative estimate of drug-likeness (QED) is 0.670. The fourth-order valence-electron chi connectivity index (χ4n) is 3.58. The molecule has 0 aromatic heterocycles. The lowest BCUT2D eigenvalue weighted by atomic mass is 10.2. The van der Waals surface area contributed by atoms with Crippen molar-refractivity contribution in [3.63, 3.8) is 0 Å². The number of carbonyl (C=O) groups excluding carboxylic acids is 2. The average Bonchev–Trinajstić information content (AvgIpc) is 2.74. The van der Waals surface area contributed by atoms with E-state index in [1.807, 2.05) is 24.3 Å². The van der Waals surface area contributed by atoms with Crippen LogP contribution in [0.15, 0.2) is 24.3 Å². The Morgan fingerprint density at radius 1 is 1.07 bits per heavy atom. The normalized spacial score (nSPS) is 18.0. The van der Waals surface area contributed by atoms with Gasteiger partial charge in [-0.25, -0.2) is 0 Å². The molecule has 1 aromatic carbocycles. The molecule has 0 unspecified atom stereocenters. The van der Waals surface area contributed by atoms with E-state index in [1.54, 1.807) is 12.0 Å². The number of amides is 2. The van der Waals surface area contributed by atoms with Crippen LogP contribution < -0.4 is 15.0 Å². The molecule has 1 N–H and O–H groups in total. The van der Waals surface area contributed by atoms with Crippen LogP contribution in [0.4, 0.5) is 5.69 Å². The van der Waals surface area contributed by atoms with Crippen LogP contribution in [0.3, 0.4) is 0 Å². The van der Waals surface area contributed by atoms with Crippen molar-refractivity contribution in [3.8, 4) is 5.75 Å². The van der Waals surface area contributed by atoms with Gasteiger partial charge >= 0.3 is 0 Å². The summed E-state index contributed by atoms with van der Waals surface area (Å²) >= 11 is 0. The standard InChI is InChI=1S/C20H30N4O4/c1-27-18-5-3-2-4-17(18)23-8-10-24(11-9-23)20(26)16-19(25)21-6-7-22-12-14-28-15-13-22/h2-5H,6-16H2,1H3,(H,21,25). The van der Waals surface area contributed by atoms with Gasteiger partial charge in [-0.3, -0.25) is 14.5 Å². The Labute approximate surface area is 166 Å². The predicted molar refractivity (Wildman–Crippen MR) is 107 cm³/mol. The Kier molecular flexibility index (Phi) is 7.50. The third-order valence-corrected chi connectivity index (χ3v) is 5.22. The van der Waals surface area contributed by atoms with Gasteiger partial charge in [-0.1, -0.05) is 12.1 Å². The zero-order valence-electron chi connectivity index (χ0n) is 16.6. The number of hydrogen-bond acceptors (Lipinski definition) is 6. The second-order valence-electron chi connectivity index (χ2n) is 7.02. The van der Waals surface area contributed by atoms with E-state index in [0.29, 0.717) is 19.6 Å². The number of nitrogens with zero attached hydrogens (tertiary/aromatic N) is 3. The number of morpholine rings is 1. The molecular weight excluding hydrogens is 360 g/mol. The molecule has 0 radical (unpaired) electrons. The summed E-state index contributed by atoms with van der Waals surface area (Å²) in [4.78, 5) is 30.8. The van der Waals surface area contributed by atoms with E-state index in [4.69, 9.17) is 9.47 Å². The van der Waals surface area contributed by atoms with Crippen LogP contribution in [-0.4, -0.2) is 94.3 Å². The van der Waals surface area contributed by atoms with Crippen LogP contribution in [0.25, 0.3) is 0 Å². The van der Waals surface area contributed by atoms with Crippen molar-refractivity contribution in [1.29, 1.82) is 0 Å². The molecule has 3 rings (SSSR count). The zero-order chi connectivity index (χ0) is 19.8. The number of ether oxygens (including phenoxy) is 2. The fraction of sp³-hybridized carbons (Fsp3) is 0.600. The minimum Gasteiger partial charge on any atom is -0.495 e. The van der Waals surface area contributed by atoms with Crippen molar-refractivity contribution in [2.45, 2.75) is 6.42 Å². The van der Waals surface area contributed by atoms with Gasteiger partial charge in [-0.2, -0.15) is 0 Å². The molecule has 8 nitrogen and oxygen atoms in total. The van der Waals surface area contributed by atoms with Crippen LogP contribution >= 0.6 is 0 Å². The minimum atomic E-state index is -0.203. The number of hydrogen-bond donors (Lipinski definition) is 1. The molecule has 0 saturated carbocycles. The summed E-state index contributed by atoms with van der Waals surface area (Å²) in [7, 11) is 1.66. The molecule has 154 valence electrons. The summed E-state index contributed by atoms with van der Waals surface area (Å²) < 4.78 is 10.7. The molecule has 0 atom stereocenters. The van der Waals surface area contributed by atoms with E-state index >= 15 is 0 Å². The number of anilines is 1. The highest BCUT2D eigenvalue weighted by atomic mass is 16.5. The molecule has 8 heteroatoms. The number of para-hydroxylation sites is 2. The summed E-state index contributed by atoms with van der Waals surface area (Å²) in [5.41, 5.74) is 1.04. The zero-order valence-corrected chi connectivity index (χ0v) is 16.6. The van der Waals surface area contributed by atoms with E-state index in [9.17, 15) is 9.59 Å². The molecule has 2 amide bonds. The lowest BCUT2D eigenvalue weighted by Crippen LogP contribution is -2.50. The maximum atomic E-state index is 12.4. The molecule has 28 heavy (non-hydrogen) atoms. The molecule has 2 heterocycles. The summed E-state index contributed by atoms with van der Waals surface area (Å²) in [5, 5.41) is 2.85. The van der Waals surface area contributed by atoms with Crippen molar-refractivity contribution in [2.75, 3.05) is 77.6 Å². The first-order chi connectivity index (χ1) is 13.7. The summed E-state index contributed by atoms with van der Waals surface area (Å²) in [5.74, 6) is 0.524. The largest absolute Gasteiger partial charge is 0.495 e. The van der Waals surface area contributed by atoms with Crippen LogP contribution in [0.1, 0.15) is 6.42 Å². The third kappa shape index (κ3) is 5.59. The van der Waals surface area contributed by atoms with Crippen molar-refractivity contribution >= 4 is 17.5 Å². The van der Waals surface area contributed by atoms with Gasteiger partial charge in [0.1, 0.15) is 12.2 Å². The Morgan fingerprint density at radius 2 is 1.79 bits per heavy atom. The van der Waals surface area contributed by atoms with Crippen molar-refractivity contribution in [1.82, 2.24) is 15.1 Å². The van der Waals surface area contributed by atoms with Crippen molar-refractivity contribution in [3.05, 3.63) is 24.3 Å². The number of benzene rings is 1. The predicted octanol–water partition coefficient (Wildman–Crippen LogP) is 0.182. The van der Waals surface area contributed by atoms with E-state index < -0.39 is 0 Å². The number of methoxy groups -OCH3 is 1. The Morgan fingerprint density at radius 3 is 2.50 bits per heavy atom. The Bertz CT molecular complexity index is 655. The van der Waals surface area contributed by atoms with Gasteiger partial charge in [0.25, 0.3) is 0 Å². The lowest BCUT2D eigenvalue weighted by Gasteiger charge is -2.36. The highest BCUT2D eigenvalue weighted by Crippen LogP contribution is 2.28. The first-order valence-electron chi connectivity index (χ1n) is 9.90. The van der Waals surface area contributed by atoms with E-state index in [0.717, 1.165) is 57.4 Å². The molecule has 1 aromatic rings.